The van der Waals surface area contributed by atoms with Crippen LogP contribution in [0.4, 0.5) is 0 Å². The van der Waals surface area contributed by atoms with E-state index in [0.717, 1.165) is 64.5 Å². The predicted molar refractivity (Wildman–Crippen MR) is 129 cm³/mol. The number of benzene rings is 2. The number of aliphatic imine (C=N–C) groups is 1. The molecule has 32 heavy (non-hydrogen) atoms. The van der Waals surface area contributed by atoms with Crippen LogP contribution in [0.3, 0.4) is 0 Å². The lowest BCUT2D eigenvalue weighted by atomic mass is 10.0. The van der Waals surface area contributed by atoms with Gasteiger partial charge in [-0.15, -0.1) is 0 Å². The highest BCUT2D eigenvalue weighted by Gasteiger charge is 2.21. The van der Waals surface area contributed by atoms with Crippen molar-refractivity contribution in [3.8, 4) is 0 Å². The van der Waals surface area contributed by atoms with E-state index in [-0.39, 0.29) is 5.91 Å². The molecule has 2 aliphatic rings. The van der Waals surface area contributed by atoms with Gasteiger partial charge in [0.05, 0.1) is 0 Å². The quantitative estimate of drug-likeness (QED) is 0.520. The van der Waals surface area contributed by atoms with E-state index in [4.69, 9.17) is 0 Å². The third-order valence-electron chi connectivity index (χ3n) is 6.43. The normalized spacial score (nSPS) is 18.2. The number of carbonyl (C=O) groups is 1. The van der Waals surface area contributed by atoms with Gasteiger partial charge in [-0.05, 0) is 36.0 Å². The molecular formula is C26H35N5O. The summed E-state index contributed by atoms with van der Waals surface area (Å²) < 4.78 is 0. The molecule has 4 rings (SSSR count). The third-order valence-corrected chi connectivity index (χ3v) is 6.43. The number of likely N-dealkylation sites (tertiary alicyclic amines) is 2. The molecule has 2 heterocycles. The van der Waals surface area contributed by atoms with Crippen molar-refractivity contribution < 1.29 is 4.79 Å². The van der Waals surface area contributed by atoms with Crippen LogP contribution in [0.5, 0.6) is 0 Å². The van der Waals surface area contributed by atoms with E-state index in [9.17, 15) is 4.79 Å². The largest absolute Gasteiger partial charge is 0.354 e. The van der Waals surface area contributed by atoms with Crippen molar-refractivity contribution in [1.82, 2.24) is 20.4 Å². The molecule has 0 radical (unpaired) electrons. The first-order valence-electron chi connectivity index (χ1n) is 11.8. The molecule has 6 heteroatoms. The minimum Gasteiger partial charge on any atom is -0.354 e. The molecule has 2 N–H and O–H groups in total. The fourth-order valence-electron chi connectivity index (χ4n) is 4.50. The monoisotopic (exact) mass is 433 g/mol. The van der Waals surface area contributed by atoms with E-state index >= 15 is 0 Å². The maximum Gasteiger partial charge on any atom is 0.222 e. The van der Waals surface area contributed by atoms with Crippen LogP contribution in [-0.2, 0) is 24.4 Å². The Balaban J connectivity index is 1.18. The van der Waals surface area contributed by atoms with Crippen molar-refractivity contribution in [2.75, 3.05) is 26.7 Å². The van der Waals surface area contributed by atoms with E-state index in [1.165, 1.54) is 16.7 Å². The van der Waals surface area contributed by atoms with Gasteiger partial charge >= 0.3 is 0 Å². The molecule has 0 saturated carbocycles. The highest BCUT2D eigenvalue weighted by Crippen LogP contribution is 2.15. The van der Waals surface area contributed by atoms with Gasteiger partial charge in [0.1, 0.15) is 0 Å². The Labute approximate surface area is 191 Å². The lowest BCUT2D eigenvalue weighted by molar-refractivity contribution is -0.128. The lowest BCUT2D eigenvalue weighted by Gasteiger charge is -2.33. The van der Waals surface area contributed by atoms with E-state index < -0.39 is 0 Å². The van der Waals surface area contributed by atoms with Gasteiger partial charge in [-0.2, -0.15) is 0 Å². The number of piperidine rings is 1. The first-order valence-corrected chi connectivity index (χ1v) is 11.8. The van der Waals surface area contributed by atoms with Crippen LogP contribution in [0.15, 0.2) is 59.6 Å². The van der Waals surface area contributed by atoms with Crippen molar-refractivity contribution in [3.63, 3.8) is 0 Å². The van der Waals surface area contributed by atoms with Gasteiger partial charge in [-0.25, -0.2) is 0 Å². The van der Waals surface area contributed by atoms with Crippen molar-refractivity contribution in [3.05, 3.63) is 71.3 Å². The zero-order valence-electron chi connectivity index (χ0n) is 19.1. The average Bonchev–Trinajstić information content (AvgIpc) is 3.23. The van der Waals surface area contributed by atoms with Crippen LogP contribution in [-0.4, -0.2) is 54.4 Å². The topological polar surface area (TPSA) is 60.0 Å². The Morgan fingerprint density at radius 1 is 0.938 bits per heavy atom. The molecule has 0 spiro atoms. The first-order chi connectivity index (χ1) is 15.7. The highest BCUT2D eigenvalue weighted by atomic mass is 16.2. The van der Waals surface area contributed by atoms with Gasteiger partial charge in [0, 0.05) is 58.8 Å². The molecule has 0 bridgehead atoms. The van der Waals surface area contributed by atoms with Gasteiger partial charge in [-0.3, -0.25) is 14.7 Å². The summed E-state index contributed by atoms with van der Waals surface area (Å²) >= 11 is 0. The molecule has 0 unspecified atom stereocenters. The smallest absolute Gasteiger partial charge is 0.222 e. The van der Waals surface area contributed by atoms with Crippen LogP contribution in [0.25, 0.3) is 0 Å². The third kappa shape index (κ3) is 6.33. The number of hydrogen-bond acceptors (Lipinski definition) is 3. The number of nitrogens with zero attached hydrogens (tertiary/aromatic N) is 3. The Bertz CT molecular complexity index is 888. The molecule has 2 saturated heterocycles. The summed E-state index contributed by atoms with van der Waals surface area (Å²) in [5.74, 6) is 1.13. The standard InChI is InChI=1S/C26H35N5O/c1-27-26(29-24-13-16-30(17-14-24)19-22-6-3-2-4-7-22)28-18-21-9-11-23(12-10-21)20-31-15-5-8-25(31)32/h2-4,6-7,9-12,24H,5,8,13-20H2,1H3,(H2,27,28,29). The van der Waals surface area contributed by atoms with Crippen LogP contribution < -0.4 is 10.6 Å². The number of hydrogen-bond donors (Lipinski definition) is 2. The Morgan fingerprint density at radius 3 is 2.28 bits per heavy atom. The van der Waals surface area contributed by atoms with Gasteiger partial charge in [0.15, 0.2) is 5.96 Å². The summed E-state index contributed by atoms with van der Waals surface area (Å²) in [4.78, 5) is 20.7. The van der Waals surface area contributed by atoms with Gasteiger partial charge < -0.3 is 15.5 Å². The van der Waals surface area contributed by atoms with Gasteiger partial charge in [0.2, 0.25) is 5.91 Å². The van der Waals surface area contributed by atoms with Crippen molar-refractivity contribution >= 4 is 11.9 Å². The summed E-state index contributed by atoms with van der Waals surface area (Å²) in [5, 5.41) is 7.04. The molecule has 0 atom stereocenters. The molecular weight excluding hydrogens is 398 g/mol. The van der Waals surface area contributed by atoms with E-state index in [1.54, 1.807) is 0 Å². The second kappa shape index (κ2) is 11.1. The van der Waals surface area contributed by atoms with Gasteiger partial charge in [0.25, 0.3) is 0 Å². The fraction of sp³-hybridized carbons (Fsp3) is 0.462. The van der Waals surface area contributed by atoms with Gasteiger partial charge in [-0.1, -0.05) is 54.6 Å². The number of amides is 1. The molecule has 1 amide bonds. The minimum atomic E-state index is 0.275. The zero-order valence-corrected chi connectivity index (χ0v) is 19.1. The molecule has 2 aromatic carbocycles. The molecule has 2 fully saturated rings. The Morgan fingerprint density at radius 2 is 1.62 bits per heavy atom. The fourth-order valence-corrected chi connectivity index (χ4v) is 4.50. The summed E-state index contributed by atoms with van der Waals surface area (Å²) in [6.07, 6.45) is 3.92. The predicted octanol–water partition coefficient (Wildman–Crippen LogP) is 3.14. The van der Waals surface area contributed by atoms with E-state index in [2.05, 4.69) is 75.1 Å². The van der Waals surface area contributed by atoms with Crippen molar-refractivity contribution in [1.29, 1.82) is 0 Å². The highest BCUT2D eigenvalue weighted by molar-refractivity contribution is 5.80. The SMILES string of the molecule is CN=C(NCc1ccc(CN2CCCC2=O)cc1)NC1CCN(Cc2ccccc2)CC1. The van der Waals surface area contributed by atoms with Crippen LogP contribution in [0.2, 0.25) is 0 Å². The maximum absolute atomic E-state index is 11.8. The Kier molecular flexibility index (Phi) is 7.77. The maximum atomic E-state index is 11.8. The van der Waals surface area contributed by atoms with Crippen molar-refractivity contribution in [2.24, 2.45) is 4.99 Å². The summed E-state index contributed by atoms with van der Waals surface area (Å²) in [5.41, 5.74) is 3.78. The van der Waals surface area contributed by atoms with E-state index in [1.807, 2.05) is 11.9 Å². The zero-order chi connectivity index (χ0) is 22.2. The molecule has 170 valence electrons. The average molecular weight is 434 g/mol. The second-order valence-corrected chi connectivity index (χ2v) is 8.84. The molecule has 0 aliphatic carbocycles. The number of nitrogens with one attached hydrogen (secondary N) is 2. The second-order valence-electron chi connectivity index (χ2n) is 8.84. The van der Waals surface area contributed by atoms with Crippen molar-refractivity contribution in [2.45, 2.75) is 51.4 Å². The summed E-state index contributed by atoms with van der Waals surface area (Å²) in [7, 11) is 1.83. The number of carbonyl (C=O) groups excluding carboxylic acids is 1. The minimum absolute atomic E-state index is 0.275. The summed E-state index contributed by atoms with van der Waals surface area (Å²) in [6.45, 7) is 5.57. The summed E-state index contributed by atoms with van der Waals surface area (Å²) in [6, 6.07) is 19.7. The Hall–Kier alpha value is -2.86. The molecule has 2 aliphatic heterocycles. The van der Waals surface area contributed by atoms with E-state index in [0.29, 0.717) is 12.5 Å². The number of rotatable bonds is 7. The molecule has 6 nitrogen and oxygen atoms in total. The number of guanidine groups is 1. The van der Waals surface area contributed by atoms with Crippen LogP contribution in [0, 0.1) is 0 Å². The first kappa shape index (κ1) is 22.3. The van der Waals surface area contributed by atoms with Crippen LogP contribution >= 0.6 is 0 Å². The molecule has 0 aromatic heterocycles. The lowest BCUT2D eigenvalue weighted by Crippen LogP contribution is -2.48. The molecule has 2 aromatic rings. The van der Waals surface area contributed by atoms with Crippen LogP contribution in [0.1, 0.15) is 42.4 Å².